The standard InChI is InChI=1S/C27H26N4O5/c1-35-17-20(15-26(32)33)19-8-11-23(31-12-13-36-25-5-3-2-4-24(25)31)22(14-19)30-27(34)29-21-9-6-18(16-28)7-10-21/h2-11,14,20H,12-13,15,17H2,1H3,(H,32,33)(H2,29,30,34)/t20-/m1/s1. The van der Waals surface area contributed by atoms with Crippen LogP contribution in [0.2, 0.25) is 0 Å². The fourth-order valence-corrected chi connectivity index (χ4v) is 4.16. The smallest absolute Gasteiger partial charge is 0.323 e. The van der Waals surface area contributed by atoms with Crippen molar-refractivity contribution in [3.8, 4) is 11.8 Å². The number of methoxy groups -OCH3 is 1. The van der Waals surface area contributed by atoms with Crippen molar-refractivity contribution in [1.29, 1.82) is 5.26 Å². The summed E-state index contributed by atoms with van der Waals surface area (Å²) in [5.74, 6) is -0.582. The molecule has 1 aliphatic heterocycles. The number of carboxylic acids is 1. The number of carboxylic acid groups (broad SMARTS) is 1. The molecular weight excluding hydrogens is 460 g/mol. The van der Waals surface area contributed by atoms with Crippen molar-refractivity contribution in [3.63, 3.8) is 0 Å². The van der Waals surface area contributed by atoms with Gasteiger partial charge in [-0.25, -0.2) is 4.79 Å². The van der Waals surface area contributed by atoms with Crippen LogP contribution in [0.4, 0.5) is 27.5 Å². The number of hydrogen-bond donors (Lipinski definition) is 3. The molecule has 0 radical (unpaired) electrons. The average Bonchev–Trinajstić information content (AvgIpc) is 2.88. The van der Waals surface area contributed by atoms with Crippen LogP contribution >= 0.6 is 0 Å². The second kappa shape index (κ2) is 11.3. The predicted molar refractivity (Wildman–Crippen MR) is 136 cm³/mol. The number of nitriles is 1. The second-order valence-corrected chi connectivity index (χ2v) is 8.26. The van der Waals surface area contributed by atoms with Gasteiger partial charge in [-0.05, 0) is 54.1 Å². The van der Waals surface area contributed by atoms with Crippen molar-refractivity contribution in [3.05, 3.63) is 77.9 Å². The minimum atomic E-state index is -0.934. The predicted octanol–water partition coefficient (Wildman–Crippen LogP) is 4.94. The van der Waals surface area contributed by atoms with Crippen molar-refractivity contribution in [1.82, 2.24) is 0 Å². The number of nitrogens with one attached hydrogen (secondary N) is 2. The molecule has 3 aromatic rings. The van der Waals surface area contributed by atoms with E-state index < -0.39 is 12.0 Å². The number of fused-ring (bicyclic) bond motifs is 1. The fraction of sp³-hybridized carbons (Fsp3) is 0.222. The van der Waals surface area contributed by atoms with Gasteiger partial charge >= 0.3 is 12.0 Å². The van der Waals surface area contributed by atoms with Gasteiger partial charge in [-0.3, -0.25) is 4.79 Å². The molecule has 3 N–H and O–H groups in total. The van der Waals surface area contributed by atoms with Crippen molar-refractivity contribution in [2.45, 2.75) is 12.3 Å². The molecule has 36 heavy (non-hydrogen) atoms. The normalized spacial score (nSPS) is 13.1. The summed E-state index contributed by atoms with van der Waals surface area (Å²) in [6.07, 6.45) is -0.107. The number of ether oxygens (including phenoxy) is 2. The van der Waals surface area contributed by atoms with Gasteiger partial charge in [0.2, 0.25) is 0 Å². The number of urea groups is 1. The zero-order valence-corrected chi connectivity index (χ0v) is 19.7. The van der Waals surface area contributed by atoms with Crippen molar-refractivity contribution in [2.75, 3.05) is 42.4 Å². The van der Waals surface area contributed by atoms with E-state index in [0.717, 1.165) is 22.7 Å². The number of aliphatic carboxylic acids is 1. The molecule has 0 fully saturated rings. The summed E-state index contributed by atoms with van der Waals surface area (Å²) >= 11 is 0. The van der Waals surface area contributed by atoms with Crippen LogP contribution in [0.3, 0.4) is 0 Å². The highest BCUT2D eigenvalue weighted by Gasteiger charge is 2.24. The SMILES string of the molecule is COC[C@@H](CC(=O)O)c1ccc(N2CCOc3ccccc32)c(NC(=O)Nc2ccc(C#N)cc2)c1. The lowest BCUT2D eigenvalue weighted by molar-refractivity contribution is -0.137. The van der Waals surface area contributed by atoms with Crippen LogP contribution in [-0.2, 0) is 9.53 Å². The molecule has 9 nitrogen and oxygen atoms in total. The zero-order chi connectivity index (χ0) is 25.5. The quantitative estimate of drug-likeness (QED) is 0.412. The highest BCUT2D eigenvalue weighted by molar-refractivity contribution is 6.02. The van der Waals surface area contributed by atoms with Gasteiger partial charge in [0, 0.05) is 18.7 Å². The molecule has 3 aromatic carbocycles. The number of benzene rings is 3. The number of hydrogen-bond acceptors (Lipinski definition) is 6. The molecule has 1 heterocycles. The van der Waals surface area contributed by atoms with E-state index in [-0.39, 0.29) is 18.9 Å². The highest BCUT2D eigenvalue weighted by Crippen LogP contribution is 2.40. The summed E-state index contributed by atoms with van der Waals surface area (Å²) in [6, 6.07) is 21.3. The Hall–Kier alpha value is -4.55. The van der Waals surface area contributed by atoms with Crippen LogP contribution in [0.15, 0.2) is 66.7 Å². The Morgan fingerprint density at radius 1 is 1.11 bits per heavy atom. The lowest BCUT2D eigenvalue weighted by Crippen LogP contribution is -2.30. The summed E-state index contributed by atoms with van der Waals surface area (Å²) in [6.45, 7) is 1.27. The Labute approximate surface area is 208 Å². The Morgan fingerprint density at radius 3 is 2.61 bits per heavy atom. The largest absolute Gasteiger partial charge is 0.490 e. The monoisotopic (exact) mass is 486 g/mol. The number of anilines is 4. The lowest BCUT2D eigenvalue weighted by atomic mass is 9.95. The number of nitrogens with zero attached hydrogens (tertiary/aromatic N) is 2. The Kier molecular flexibility index (Phi) is 7.68. The van der Waals surface area contributed by atoms with E-state index in [2.05, 4.69) is 15.5 Å². The molecule has 0 aromatic heterocycles. The van der Waals surface area contributed by atoms with Gasteiger partial charge in [-0.15, -0.1) is 0 Å². The van der Waals surface area contributed by atoms with Crippen LogP contribution < -0.4 is 20.3 Å². The molecule has 0 saturated heterocycles. The van der Waals surface area contributed by atoms with Crippen LogP contribution in [0.5, 0.6) is 5.75 Å². The molecule has 184 valence electrons. The molecule has 0 spiro atoms. The Morgan fingerprint density at radius 2 is 1.89 bits per heavy atom. The van der Waals surface area contributed by atoms with Crippen LogP contribution in [0.25, 0.3) is 0 Å². The summed E-state index contributed by atoms with van der Waals surface area (Å²) in [5, 5.41) is 24.1. The maximum Gasteiger partial charge on any atom is 0.323 e. The topological polar surface area (TPSA) is 124 Å². The highest BCUT2D eigenvalue weighted by atomic mass is 16.5. The molecule has 4 rings (SSSR count). The van der Waals surface area contributed by atoms with Gasteiger partial charge < -0.3 is 30.1 Å². The van der Waals surface area contributed by atoms with Gasteiger partial charge in [-0.1, -0.05) is 18.2 Å². The van der Waals surface area contributed by atoms with Gasteiger partial charge in [0.05, 0.1) is 48.3 Å². The zero-order valence-electron chi connectivity index (χ0n) is 19.7. The third-order valence-corrected chi connectivity index (χ3v) is 5.82. The third kappa shape index (κ3) is 5.74. The van der Waals surface area contributed by atoms with Crippen molar-refractivity contribution >= 4 is 34.7 Å². The van der Waals surface area contributed by atoms with Gasteiger partial charge in [0.25, 0.3) is 0 Å². The Bertz CT molecular complexity index is 1290. The van der Waals surface area contributed by atoms with E-state index >= 15 is 0 Å². The summed E-state index contributed by atoms with van der Waals surface area (Å²) in [5.41, 5.74) is 3.88. The molecule has 1 aliphatic rings. The maximum atomic E-state index is 13.0. The molecule has 0 saturated carbocycles. The minimum absolute atomic E-state index is 0.107. The number of para-hydroxylation sites is 2. The molecule has 1 atom stereocenters. The van der Waals surface area contributed by atoms with Crippen molar-refractivity contribution in [2.24, 2.45) is 0 Å². The first-order chi connectivity index (χ1) is 17.5. The molecular formula is C27H26N4O5. The number of rotatable bonds is 8. The maximum absolute atomic E-state index is 13.0. The van der Waals surface area contributed by atoms with E-state index in [0.29, 0.717) is 30.1 Å². The van der Waals surface area contributed by atoms with E-state index in [1.165, 1.54) is 7.11 Å². The van der Waals surface area contributed by atoms with Crippen LogP contribution in [-0.4, -0.2) is 44.0 Å². The first-order valence-corrected chi connectivity index (χ1v) is 11.4. The molecule has 9 heteroatoms. The van der Waals surface area contributed by atoms with E-state index in [1.807, 2.05) is 42.5 Å². The molecule has 0 aliphatic carbocycles. The fourth-order valence-electron chi connectivity index (χ4n) is 4.16. The van der Waals surface area contributed by atoms with Crippen molar-refractivity contribution < 1.29 is 24.2 Å². The number of carbonyl (C=O) groups excluding carboxylic acids is 1. The van der Waals surface area contributed by atoms with Crippen LogP contribution in [0.1, 0.15) is 23.5 Å². The number of amides is 2. The minimum Gasteiger partial charge on any atom is -0.490 e. The summed E-state index contributed by atoms with van der Waals surface area (Å²) < 4.78 is 11.0. The van der Waals surface area contributed by atoms with E-state index in [4.69, 9.17) is 14.7 Å². The second-order valence-electron chi connectivity index (χ2n) is 8.26. The Balaban J connectivity index is 1.68. The summed E-state index contributed by atoms with van der Waals surface area (Å²) in [4.78, 5) is 26.5. The average molecular weight is 487 g/mol. The molecule has 0 unspecified atom stereocenters. The third-order valence-electron chi connectivity index (χ3n) is 5.82. The lowest BCUT2D eigenvalue weighted by Gasteiger charge is -2.33. The van der Waals surface area contributed by atoms with Gasteiger partial charge in [-0.2, -0.15) is 5.26 Å². The summed E-state index contributed by atoms with van der Waals surface area (Å²) in [7, 11) is 1.53. The first-order valence-electron chi connectivity index (χ1n) is 11.4. The van der Waals surface area contributed by atoms with Gasteiger partial charge in [0.15, 0.2) is 0 Å². The van der Waals surface area contributed by atoms with E-state index in [1.54, 1.807) is 30.3 Å². The number of carbonyl (C=O) groups is 2. The van der Waals surface area contributed by atoms with Crippen LogP contribution in [0, 0.1) is 11.3 Å². The van der Waals surface area contributed by atoms with E-state index in [9.17, 15) is 14.7 Å². The molecule has 0 bridgehead atoms. The first kappa shape index (κ1) is 24.6. The van der Waals surface area contributed by atoms with Gasteiger partial charge in [0.1, 0.15) is 12.4 Å². The molecule has 2 amide bonds.